The molecule has 0 aromatic heterocycles. The first-order chi connectivity index (χ1) is 35.5. The molecule has 0 heterocycles. The summed E-state index contributed by atoms with van der Waals surface area (Å²) in [5, 5.41) is 44.1. The fraction of sp³-hybridized carbons (Fsp3) is 0.924. The predicted molar refractivity (Wildman–Crippen MR) is 316 cm³/mol. The van der Waals surface area contributed by atoms with Crippen LogP contribution in [0.2, 0.25) is 0 Å². The maximum atomic E-state index is 12.6. The van der Waals surface area contributed by atoms with E-state index in [1.54, 1.807) is 0 Å². The van der Waals surface area contributed by atoms with Gasteiger partial charge in [-0.05, 0) is 64.2 Å². The molecule has 0 aromatic carbocycles. The molecule has 4 unspecified atom stereocenters. The van der Waals surface area contributed by atoms with Gasteiger partial charge in [-0.3, -0.25) is 4.79 Å². The average molecular weight is 1020 g/mol. The molecule has 0 fully saturated rings. The Bertz CT molecular complexity index is 1100. The zero-order valence-corrected chi connectivity index (χ0v) is 48.7. The van der Waals surface area contributed by atoms with Crippen LogP contribution in [0.15, 0.2) is 24.3 Å². The van der Waals surface area contributed by atoms with Gasteiger partial charge in [0.25, 0.3) is 0 Å². The van der Waals surface area contributed by atoms with E-state index in [4.69, 9.17) is 0 Å². The number of rotatable bonds is 61. The third-order valence-corrected chi connectivity index (χ3v) is 15.6. The number of carbonyl (C=O) groups is 1. The van der Waals surface area contributed by atoms with Gasteiger partial charge < -0.3 is 25.7 Å². The number of hydrogen-bond acceptors (Lipinski definition) is 5. The number of amides is 1. The lowest BCUT2D eigenvalue weighted by Crippen LogP contribution is -2.53. The van der Waals surface area contributed by atoms with Crippen molar-refractivity contribution < 1.29 is 25.2 Å². The van der Waals surface area contributed by atoms with Crippen LogP contribution in [0.25, 0.3) is 0 Å². The molecule has 5 N–H and O–H groups in total. The normalized spacial score (nSPS) is 13.7. The highest BCUT2D eigenvalue weighted by Crippen LogP contribution is 2.19. The summed E-state index contributed by atoms with van der Waals surface area (Å²) in [6, 6.07) is -1.00. The number of aliphatic hydroxyl groups is 4. The van der Waals surface area contributed by atoms with Gasteiger partial charge in [-0.15, -0.1) is 0 Å². The molecule has 0 radical (unpaired) electrons. The Kier molecular flexibility index (Phi) is 59.6. The van der Waals surface area contributed by atoms with Crippen molar-refractivity contribution in [1.82, 2.24) is 5.32 Å². The molecule has 0 bridgehead atoms. The zero-order valence-electron chi connectivity index (χ0n) is 48.7. The number of unbranched alkanes of at least 4 members (excludes halogenated alkanes) is 48. The van der Waals surface area contributed by atoms with Gasteiger partial charge in [-0.25, -0.2) is 0 Å². The highest BCUT2D eigenvalue weighted by molar-refractivity contribution is 5.80. The summed E-state index contributed by atoms with van der Waals surface area (Å²) in [6.45, 7) is 4.09. The summed E-state index contributed by atoms with van der Waals surface area (Å²) < 4.78 is 0. The van der Waals surface area contributed by atoms with Crippen molar-refractivity contribution >= 4 is 5.91 Å². The quantitative estimate of drug-likeness (QED) is 0.0308. The van der Waals surface area contributed by atoms with Crippen molar-refractivity contribution in [3.05, 3.63) is 24.3 Å². The Morgan fingerprint density at radius 3 is 0.833 bits per heavy atom. The number of carbonyl (C=O) groups excluding carboxylic acids is 1. The van der Waals surface area contributed by atoms with Crippen LogP contribution in [0.4, 0.5) is 0 Å². The number of nitrogens with one attached hydrogen (secondary N) is 1. The number of allylic oxidation sites excluding steroid dienone is 4. The Morgan fingerprint density at radius 2 is 0.569 bits per heavy atom. The second kappa shape index (κ2) is 60.7. The SMILES string of the molecule is CCCCCCCCCCCCCC/C=C\CCCCCCCCCCCCCCCCCCC(O)C(=O)NC(CO)C(O)C(O)CCC/C=C/CCCCCCCCCCCCCCCCCCCCC. The van der Waals surface area contributed by atoms with Crippen LogP contribution in [0.1, 0.15) is 361 Å². The van der Waals surface area contributed by atoms with Crippen molar-refractivity contribution in [2.75, 3.05) is 6.61 Å². The summed E-state index contributed by atoms with van der Waals surface area (Å²) in [6.07, 6.45) is 75.7. The summed E-state index contributed by atoms with van der Waals surface area (Å²) in [7, 11) is 0. The third kappa shape index (κ3) is 53.6. The van der Waals surface area contributed by atoms with Crippen molar-refractivity contribution in [1.29, 1.82) is 0 Å². The van der Waals surface area contributed by atoms with Crippen molar-refractivity contribution in [3.8, 4) is 0 Å². The van der Waals surface area contributed by atoms with Gasteiger partial charge in [0.05, 0.1) is 18.8 Å². The number of hydrogen-bond donors (Lipinski definition) is 5. The van der Waals surface area contributed by atoms with Crippen LogP contribution in [0, 0.1) is 0 Å². The van der Waals surface area contributed by atoms with Crippen LogP contribution in [0.5, 0.6) is 0 Å². The fourth-order valence-electron chi connectivity index (χ4n) is 10.5. The van der Waals surface area contributed by atoms with Gasteiger partial charge in [-0.1, -0.05) is 321 Å². The van der Waals surface area contributed by atoms with E-state index < -0.39 is 36.9 Å². The molecule has 0 aliphatic heterocycles. The molecule has 4 atom stereocenters. The van der Waals surface area contributed by atoms with E-state index in [1.165, 1.54) is 295 Å². The van der Waals surface area contributed by atoms with Crippen LogP contribution >= 0.6 is 0 Å². The van der Waals surface area contributed by atoms with Crippen LogP contribution in [0.3, 0.4) is 0 Å². The summed E-state index contributed by atoms with van der Waals surface area (Å²) in [5.74, 6) is -0.587. The fourth-order valence-corrected chi connectivity index (χ4v) is 10.5. The molecule has 0 saturated carbocycles. The first kappa shape index (κ1) is 70.8. The molecule has 1 amide bonds. The summed E-state index contributed by atoms with van der Waals surface area (Å²) >= 11 is 0. The molecular formula is C66H129NO5. The van der Waals surface area contributed by atoms with Crippen molar-refractivity contribution in [3.63, 3.8) is 0 Å². The number of aliphatic hydroxyl groups excluding tert-OH is 4. The Balaban J connectivity index is 3.57. The Morgan fingerprint density at radius 1 is 0.333 bits per heavy atom. The van der Waals surface area contributed by atoms with Gasteiger partial charge in [0.1, 0.15) is 12.2 Å². The van der Waals surface area contributed by atoms with Gasteiger partial charge in [0.2, 0.25) is 5.91 Å². The second-order valence-corrected chi connectivity index (χ2v) is 22.8. The maximum Gasteiger partial charge on any atom is 0.249 e. The minimum Gasteiger partial charge on any atom is -0.394 e. The zero-order chi connectivity index (χ0) is 52.3. The molecule has 6 heteroatoms. The first-order valence-electron chi connectivity index (χ1n) is 32.7. The minimum absolute atomic E-state index is 0.366. The highest BCUT2D eigenvalue weighted by atomic mass is 16.3. The predicted octanol–water partition coefficient (Wildman–Crippen LogP) is 19.8. The van der Waals surface area contributed by atoms with E-state index in [0.717, 1.165) is 38.5 Å². The largest absolute Gasteiger partial charge is 0.394 e. The van der Waals surface area contributed by atoms with E-state index >= 15 is 0 Å². The molecule has 0 aromatic rings. The first-order valence-corrected chi connectivity index (χ1v) is 32.7. The molecule has 0 aliphatic carbocycles. The smallest absolute Gasteiger partial charge is 0.249 e. The Hall–Kier alpha value is -1.21. The summed E-state index contributed by atoms with van der Waals surface area (Å²) in [4.78, 5) is 12.6. The van der Waals surface area contributed by atoms with Crippen molar-refractivity contribution in [2.24, 2.45) is 0 Å². The molecular weight excluding hydrogens is 887 g/mol. The monoisotopic (exact) mass is 1020 g/mol. The van der Waals surface area contributed by atoms with E-state index in [2.05, 4.69) is 43.5 Å². The van der Waals surface area contributed by atoms with Gasteiger partial charge in [0.15, 0.2) is 0 Å². The highest BCUT2D eigenvalue weighted by Gasteiger charge is 2.28. The molecule has 0 spiro atoms. The van der Waals surface area contributed by atoms with E-state index in [0.29, 0.717) is 12.8 Å². The van der Waals surface area contributed by atoms with E-state index in [9.17, 15) is 25.2 Å². The molecule has 6 nitrogen and oxygen atoms in total. The maximum absolute atomic E-state index is 12.6. The van der Waals surface area contributed by atoms with Crippen LogP contribution in [-0.4, -0.2) is 57.3 Å². The minimum atomic E-state index is -1.28. The molecule has 0 aliphatic rings. The third-order valence-electron chi connectivity index (χ3n) is 15.6. The summed E-state index contributed by atoms with van der Waals surface area (Å²) in [5.41, 5.74) is 0. The lowest BCUT2D eigenvalue weighted by molar-refractivity contribution is -0.132. The molecule has 72 heavy (non-hydrogen) atoms. The lowest BCUT2D eigenvalue weighted by atomic mass is 10.00. The van der Waals surface area contributed by atoms with Gasteiger partial charge >= 0.3 is 0 Å². The molecule has 0 saturated heterocycles. The average Bonchev–Trinajstić information content (AvgIpc) is 3.39. The van der Waals surface area contributed by atoms with Gasteiger partial charge in [0, 0.05) is 0 Å². The van der Waals surface area contributed by atoms with Crippen LogP contribution < -0.4 is 5.32 Å². The van der Waals surface area contributed by atoms with E-state index in [-0.39, 0.29) is 0 Å². The van der Waals surface area contributed by atoms with Crippen LogP contribution in [-0.2, 0) is 4.79 Å². The second-order valence-electron chi connectivity index (χ2n) is 22.8. The topological polar surface area (TPSA) is 110 Å². The van der Waals surface area contributed by atoms with Gasteiger partial charge in [-0.2, -0.15) is 0 Å². The molecule has 0 rings (SSSR count). The Labute approximate surface area is 450 Å². The van der Waals surface area contributed by atoms with Crippen molar-refractivity contribution in [2.45, 2.75) is 385 Å². The molecule has 428 valence electrons. The lowest BCUT2D eigenvalue weighted by Gasteiger charge is -2.27. The van der Waals surface area contributed by atoms with E-state index in [1.807, 2.05) is 0 Å². The standard InChI is InChI=1S/C66H129NO5/c1-3-5-7-9-11-13-15-17-19-21-23-25-27-29-30-31-32-33-34-35-36-38-40-42-44-46-48-50-52-54-56-58-60-64(70)66(72)67-62(61-68)65(71)63(69)59-57-55-53-51-49-47-45-43-41-39-37-28-26-24-22-20-18-16-14-12-10-8-6-4-2/h29-30,51,53,62-65,68-71H,3-28,31-50,52,54-61H2,1-2H3,(H,67,72)/b30-29-,53-51+.